The second-order valence-electron chi connectivity index (χ2n) is 3.87. The quantitative estimate of drug-likeness (QED) is 0.788. The number of nitrogens with one attached hydrogen (secondary N) is 1. The van der Waals surface area contributed by atoms with Crippen LogP contribution in [0.5, 0.6) is 0 Å². The average Bonchev–Trinajstić information content (AvgIpc) is 2.76. The first-order valence-corrected chi connectivity index (χ1v) is 6.79. The van der Waals surface area contributed by atoms with E-state index >= 15 is 0 Å². The van der Waals surface area contributed by atoms with Crippen molar-refractivity contribution in [3.8, 4) is 0 Å². The van der Waals surface area contributed by atoms with Gasteiger partial charge in [0.15, 0.2) is 0 Å². The molecule has 0 unspecified atom stereocenters. The smallest absolute Gasteiger partial charge is 0.243 e. The molecule has 3 N–H and O–H groups in total. The Morgan fingerprint density at radius 3 is 2.72 bits per heavy atom. The first kappa shape index (κ1) is 12.6. The van der Waals surface area contributed by atoms with Crippen LogP contribution in [0.1, 0.15) is 5.56 Å². The van der Waals surface area contributed by atoms with Crippen LogP contribution in [0.4, 0.5) is 5.69 Å². The van der Waals surface area contributed by atoms with Crippen molar-refractivity contribution >= 4 is 15.7 Å². The minimum Gasteiger partial charge on any atom is -0.398 e. The van der Waals surface area contributed by atoms with Gasteiger partial charge < -0.3 is 5.73 Å². The van der Waals surface area contributed by atoms with Crippen molar-refractivity contribution in [3.63, 3.8) is 0 Å². The lowest BCUT2D eigenvalue weighted by Crippen LogP contribution is -2.23. The second kappa shape index (κ2) is 4.79. The summed E-state index contributed by atoms with van der Waals surface area (Å²) in [7, 11) is -1.88. The molecule has 0 aliphatic rings. The number of benzene rings is 1. The zero-order valence-corrected chi connectivity index (χ0v) is 10.7. The molecule has 96 valence electrons. The molecule has 1 aromatic carbocycles. The number of hydrogen-bond donors (Lipinski definition) is 2. The number of aromatic nitrogens is 2. The van der Waals surface area contributed by atoms with Gasteiger partial charge in [-0.25, -0.2) is 13.1 Å². The predicted octanol–water partition coefficient (Wildman–Crippen LogP) is 0.481. The maximum Gasteiger partial charge on any atom is 0.243 e. The third kappa shape index (κ3) is 2.69. The molecule has 6 nitrogen and oxygen atoms in total. The Kier molecular flexibility index (Phi) is 3.35. The first-order chi connectivity index (χ1) is 8.49. The van der Waals surface area contributed by atoms with Crippen LogP contribution in [0.2, 0.25) is 0 Å². The second-order valence-corrected chi connectivity index (χ2v) is 5.64. The summed E-state index contributed by atoms with van der Waals surface area (Å²) >= 11 is 0. The maximum atomic E-state index is 11.9. The van der Waals surface area contributed by atoms with Crippen LogP contribution < -0.4 is 10.5 Å². The van der Waals surface area contributed by atoms with Gasteiger partial charge in [-0.1, -0.05) is 18.2 Å². The maximum absolute atomic E-state index is 11.9. The number of para-hydroxylation sites is 1. The minimum atomic E-state index is -3.54. The van der Waals surface area contributed by atoms with Crippen molar-refractivity contribution in [2.24, 2.45) is 7.05 Å². The molecule has 7 heteroatoms. The number of nitrogens with zero attached hydrogens (tertiary/aromatic N) is 2. The van der Waals surface area contributed by atoms with Crippen molar-refractivity contribution in [3.05, 3.63) is 42.2 Å². The molecule has 0 saturated carbocycles. The highest BCUT2D eigenvalue weighted by molar-refractivity contribution is 7.89. The van der Waals surface area contributed by atoms with E-state index in [0.717, 1.165) is 5.56 Å². The fourth-order valence-corrected chi connectivity index (χ4v) is 2.48. The summed E-state index contributed by atoms with van der Waals surface area (Å²) in [6, 6.07) is 7.12. The number of sulfonamides is 1. The van der Waals surface area contributed by atoms with E-state index in [9.17, 15) is 8.42 Å². The van der Waals surface area contributed by atoms with Crippen molar-refractivity contribution < 1.29 is 8.42 Å². The number of rotatable bonds is 4. The van der Waals surface area contributed by atoms with E-state index in [2.05, 4.69) is 9.82 Å². The summed E-state index contributed by atoms with van der Waals surface area (Å²) in [5.41, 5.74) is 7.04. The van der Waals surface area contributed by atoms with Crippen LogP contribution in [0.15, 0.2) is 41.6 Å². The normalized spacial score (nSPS) is 11.6. The Labute approximate surface area is 105 Å². The predicted molar refractivity (Wildman–Crippen MR) is 68.1 cm³/mol. The highest BCUT2D eigenvalue weighted by Gasteiger charge is 2.15. The van der Waals surface area contributed by atoms with Gasteiger partial charge in [0.1, 0.15) is 4.90 Å². The van der Waals surface area contributed by atoms with E-state index in [1.807, 2.05) is 6.07 Å². The molecule has 18 heavy (non-hydrogen) atoms. The van der Waals surface area contributed by atoms with Gasteiger partial charge in [0.2, 0.25) is 10.0 Å². The van der Waals surface area contributed by atoms with E-state index in [4.69, 9.17) is 5.73 Å². The van der Waals surface area contributed by atoms with E-state index in [-0.39, 0.29) is 11.4 Å². The molecule has 0 aliphatic carbocycles. The Hall–Kier alpha value is -1.86. The molecular weight excluding hydrogens is 252 g/mol. The van der Waals surface area contributed by atoms with Crippen molar-refractivity contribution in [1.82, 2.24) is 14.5 Å². The summed E-state index contributed by atoms with van der Waals surface area (Å²) in [6.07, 6.45) is 2.74. The van der Waals surface area contributed by atoms with Crippen molar-refractivity contribution in [1.29, 1.82) is 0 Å². The summed E-state index contributed by atoms with van der Waals surface area (Å²) < 4.78 is 27.8. The van der Waals surface area contributed by atoms with E-state index in [1.165, 1.54) is 17.1 Å². The molecule has 0 bridgehead atoms. The summed E-state index contributed by atoms with van der Waals surface area (Å²) in [4.78, 5) is 0.138. The Balaban J connectivity index is 2.13. The lowest BCUT2D eigenvalue weighted by molar-refractivity contribution is 0.581. The van der Waals surface area contributed by atoms with Gasteiger partial charge in [-0.05, 0) is 11.6 Å². The third-order valence-electron chi connectivity index (χ3n) is 2.50. The molecule has 0 spiro atoms. The number of nitrogen functional groups attached to an aromatic ring is 1. The van der Waals surface area contributed by atoms with Crippen LogP contribution in [0.3, 0.4) is 0 Å². The zero-order valence-electron chi connectivity index (χ0n) is 9.87. The largest absolute Gasteiger partial charge is 0.398 e. The molecular formula is C11H14N4O2S. The molecule has 1 heterocycles. The Morgan fingerprint density at radius 1 is 1.39 bits per heavy atom. The Bertz CT molecular complexity index is 649. The molecule has 0 radical (unpaired) electrons. The van der Waals surface area contributed by atoms with Gasteiger partial charge in [0.05, 0.1) is 6.20 Å². The third-order valence-corrected chi connectivity index (χ3v) is 3.86. The topological polar surface area (TPSA) is 90.0 Å². The van der Waals surface area contributed by atoms with Gasteiger partial charge in [-0.3, -0.25) is 4.68 Å². The molecule has 0 aliphatic heterocycles. The first-order valence-electron chi connectivity index (χ1n) is 5.31. The molecule has 2 rings (SSSR count). The molecule has 0 atom stereocenters. The number of hydrogen-bond acceptors (Lipinski definition) is 4. The standard InChI is InChI=1S/C11H14N4O2S/c1-15-8-10(7-13-15)18(16,17)14-6-9-4-2-3-5-11(9)12/h2-5,7-8,14H,6,12H2,1H3. The van der Waals surface area contributed by atoms with Gasteiger partial charge in [0.25, 0.3) is 0 Å². The molecule has 0 amide bonds. The van der Waals surface area contributed by atoms with Gasteiger partial charge >= 0.3 is 0 Å². The van der Waals surface area contributed by atoms with E-state index in [1.54, 1.807) is 25.2 Å². The fourth-order valence-electron chi connectivity index (χ4n) is 1.49. The fraction of sp³-hybridized carbons (Fsp3) is 0.182. The molecule has 0 saturated heterocycles. The number of aryl methyl sites for hydroxylation is 1. The Morgan fingerprint density at radius 2 is 2.11 bits per heavy atom. The van der Waals surface area contributed by atoms with E-state index < -0.39 is 10.0 Å². The van der Waals surface area contributed by atoms with Crippen LogP contribution in [0, 0.1) is 0 Å². The van der Waals surface area contributed by atoms with Crippen molar-refractivity contribution in [2.75, 3.05) is 5.73 Å². The molecule has 2 aromatic rings. The van der Waals surface area contributed by atoms with Gasteiger partial charge in [-0.15, -0.1) is 0 Å². The highest BCUT2D eigenvalue weighted by Crippen LogP contribution is 2.12. The number of anilines is 1. The van der Waals surface area contributed by atoms with Crippen LogP contribution >= 0.6 is 0 Å². The average molecular weight is 266 g/mol. The van der Waals surface area contributed by atoms with Crippen molar-refractivity contribution in [2.45, 2.75) is 11.4 Å². The molecule has 1 aromatic heterocycles. The minimum absolute atomic E-state index is 0.138. The number of nitrogens with two attached hydrogens (primary N) is 1. The van der Waals surface area contributed by atoms with Gasteiger partial charge in [-0.2, -0.15) is 5.10 Å². The van der Waals surface area contributed by atoms with Crippen LogP contribution in [-0.4, -0.2) is 18.2 Å². The highest BCUT2D eigenvalue weighted by atomic mass is 32.2. The summed E-state index contributed by atoms with van der Waals surface area (Å²) in [6.45, 7) is 0.157. The van der Waals surface area contributed by atoms with Crippen LogP contribution in [0.25, 0.3) is 0 Å². The summed E-state index contributed by atoms with van der Waals surface area (Å²) in [5.74, 6) is 0. The zero-order chi connectivity index (χ0) is 13.2. The monoisotopic (exact) mass is 266 g/mol. The van der Waals surface area contributed by atoms with Crippen LogP contribution in [-0.2, 0) is 23.6 Å². The SMILES string of the molecule is Cn1cc(S(=O)(=O)NCc2ccccc2N)cn1. The lowest BCUT2D eigenvalue weighted by atomic mass is 10.2. The molecule has 0 fully saturated rings. The van der Waals surface area contributed by atoms with Gasteiger partial charge in [0, 0.05) is 25.5 Å². The van der Waals surface area contributed by atoms with E-state index in [0.29, 0.717) is 5.69 Å². The summed E-state index contributed by atoms with van der Waals surface area (Å²) in [5, 5.41) is 3.83. The lowest BCUT2D eigenvalue weighted by Gasteiger charge is -2.07.